The van der Waals surface area contributed by atoms with Crippen LogP contribution in [0.5, 0.6) is 0 Å². The first-order valence-corrected chi connectivity index (χ1v) is 10.8. The molecule has 0 aromatic heterocycles. The third kappa shape index (κ3) is 5.89. The largest absolute Gasteiger partial charge is 0.273 e. The zero-order chi connectivity index (χ0) is 22.9. The highest BCUT2D eigenvalue weighted by Gasteiger charge is 2.04. The molecule has 33 heavy (non-hydrogen) atoms. The number of benzene rings is 4. The van der Waals surface area contributed by atoms with E-state index in [4.69, 9.17) is 0 Å². The Morgan fingerprint density at radius 1 is 0.606 bits per heavy atom. The lowest BCUT2D eigenvalue weighted by Crippen LogP contribution is -2.20. The summed E-state index contributed by atoms with van der Waals surface area (Å²) in [6.07, 6.45) is 4.08. The summed E-state index contributed by atoms with van der Waals surface area (Å²) >= 11 is 0. The van der Waals surface area contributed by atoms with Gasteiger partial charge in [0.15, 0.2) is 0 Å². The lowest BCUT2D eigenvalue weighted by Gasteiger charge is -2.03. The second-order valence-corrected chi connectivity index (χ2v) is 7.58. The van der Waals surface area contributed by atoms with E-state index in [0.29, 0.717) is 6.42 Å². The minimum atomic E-state index is -0.237. The van der Waals surface area contributed by atoms with Crippen LogP contribution >= 0.6 is 0 Å². The fourth-order valence-corrected chi connectivity index (χ4v) is 3.60. The fraction of sp³-hybridized carbons (Fsp3) is 0.111. The summed E-state index contributed by atoms with van der Waals surface area (Å²) in [6, 6.07) is 27.8. The van der Waals surface area contributed by atoms with Crippen LogP contribution in [-0.2, 0) is 9.59 Å². The van der Waals surface area contributed by atoms with Gasteiger partial charge in [-0.25, -0.2) is 10.9 Å². The maximum Gasteiger partial charge on any atom is 0.240 e. The Morgan fingerprint density at radius 2 is 1.03 bits per heavy atom. The van der Waals surface area contributed by atoms with Gasteiger partial charge in [-0.3, -0.25) is 9.59 Å². The van der Waals surface area contributed by atoms with Crippen LogP contribution in [0, 0.1) is 0 Å². The molecule has 0 aliphatic carbocycles. The van der Waals surface area contributed by atoms with Gasteiger partial charge in [-0.05, 0) is 28.0 Å². The Morgan fingerprint density at radius 3 is 1.52 bits per heavy atom. The van der Waals surface area contributed by atoms with E-state index in [2.05, 4.69) is 21.1 Å². The summed E-state index contributed by atoms with van der Waals surface area (Å²) in [4.78, 5) is 24.0. The Labute approximate surface area is 192 Å². The molecule has 4 aromatic carbocycles. The number of hydrazone groups is 2. The van der Waals surface area contributed by atoms with E-state index in [9.17, 15) is 9.59 Å². The van der Waals surface area contributed by atoms with Crippen LogP contribution in [0.1, 0.15) is 30.4 Å². The summed E-state index contributed by atoms with van der Waals surface area (Å²) < 4.78 is 0. The average molecular weight is 437 g/mol. The van der Waals surface area contributed by atoms with Crippen molar-refractivity contribution in [2.24, 2.45) is 10.2 Å². The molecule has 0 aliphatic rings. The second-order valence-electron chi connectivity index (χ2n) is 7.58. The summed E-state index contributed by atoms with van der Waals surface area (Å²) in [5.41, 5.74) is 6.90. The molecular formula is C27H24N4O2. The topological polar surface area (TPSA) is 82.9 Å². The summed E-state index contributed by atoms with van der Waals surface area (Å²) in [6.45, 7) is 0. The number of nitrogens with one attached hydrogen (secondary N) is 2. The monoisotopic (exact) mass is 436 g/mol. The number of nitrogens with zero attached hydrogens (tertiary/aromatic N) is 2. The highest BCUT2D eigenvalue weighted by atomic mass is 16.2. The van der Waals surface area contributed by atoms with Crippen LogP contribution in [0.25, 0.3) is 21.5 Å². The van der Waals surface area contributed by atoms with E-state index in [1.165, 1.54) is 0 Å². The number of fused-ring (bicyclic) bond motifs is 2. The van der Waals surface area contributed by atoms with Gasteiger partial charge in [0.25, 0.3) is 0 Å². The van der Waals surface area contributed by atoms with Gasteiger partial charge in [-0.1, -0.05) is 84.9 Å². The SMILES string of the molecule is O=C(CCCC(=O)NN=Cc1cccc2ccccc12)NN=Cc1cccc2ccccc12. The van der Waals surface area contributed by atoms with Crippen molar-refractivity contribution in [2.45, 2.75) is 19.3 Å². The predicted octanol–water partition coefficient (Wildman–Crippen LogP) is 4.76. The van der Waals surface area contributed by atoms with Crippen molar-refractivity contribution in [3.05, 3.63) is 96.1 Å². The van der Waals surface area contributed by atoms with Crippen molar-refractivity contribution >= 4 is 45.8 Å². The molecule has 4 rings (SSSR count). The van der Waals surface area contributed by atoms with Gasteiger partial charge in [-0.15, -0.1) is 0 Å². The van der Waals surface area contributed by atoms with Gasteiger partial charge in [0, 0.05) is 24.0 Å². The fourth-order valence-electron chi connectivity index (χ4n) is 3.60. The number of hydrogen-bond donors (Lipinski definition) is 2. The molecule has 0 aliphatic heterocycles. The Bertz CT molecular complexity index is 1230. The highest BCUT2D eigenvalue weighted by molar-refractivity contribution is 6.00. The van der Waals surface area contributed by atoms with Crippen molar-refractivity contribution in [1.82, 2.24) is 10.9 Å². The molecule has 6 heteroatoms. The van der Waals surface area contributed by atoms with Gasteiger partial charge in [0.2, 0.25) is 11.8 Å². The minimum Gasteiger partial charge on any atom is -0.273 e. The van der Waals surface area contributed by atoms with Crippen LogP contribution in [0.2, 0.25) is 0 Å². The van der Waals surface area contributed by atoms with E-state index >= 15 is 0 Å². The van der Waals surface area contributed by atoms with Crippen LogP contribution in [0.4, 0.5) is 0 Å². The first kappa shape index (κ1) is 21.9. The molecule has 0 saturated carbocycles. The molecule has 4 aromatic rings. The Kier molecular flexibility index (Phi) is 7.18. The smallest absolute Gasteiger partial charge is 0.240 e. The van der Waals surface area contributed by atoms with Crippen LogP contribution < -0.4 is 10.9 Å². The average Bonchev–Trinajstić information content (AvgIpc) is 2.84. The van der Waals surface area contributed by atoms with E-state index in [1.807, 2.05) is 84.9 Å². The quantitative estimate of drug-likeness (QED) is 0.308. The lowest BCUT2D eigenvalue weighted by molar-refractivity contribution is -0.122. The van der Waals surface area contributed by atoms with E-state index < -0.39 is 0 Å². The molecule has 164 valence electrons. The second kappa shape index (κ2) is 10.8. The number of carbonyl (C=O) groups is 2. The van der Waals surface area contributed by atoms with Crippen molar-refractivity contribution in [3.63, 3.8) is 0 Å². The van der Waals surface area contributed by atoms with Gasteiger partial charge in [0.05, 0.1) is 12.4 Å². The van der Waals surface area contributed by atoms with Gasteiger partial charge >= 0.3 is 0 Å². The maximum absolute atomic E-state index is 12.0. The van der Waals surface area contributed by atoms with Gasteiger partial charge < -0.3 is 0 Å². The standard InChI is InChI=1S/C27H24N4O2/c32-26(30-28-18-22-12-5-10-20-8-1-3-14-24(20)22)16-7-17-27(33)31-29-19-23-13-6-11-21-9-2-4-15-25(21)23/h1-6,8-15,18-19H,7,16-17H2,(H,30,32)(H,31,33). The molecule has 6 nitrogen and oxygen atoms in total. The maximum atomic E-state index is 12.0. The molecule has 0 fully saturated rings. The molecule has 0 spiro atoms. The third-order valence-corrected chi connectivity index (χ3v) is 5.24. The number of carbonyl (C=O) groups excluding carboxylic acids is 2. The Balaban J connectivity index is 1.20. The summed E-state index contributed by atoms with van der Waals surface area (Å²) in [5, 5.41) is 12.5. The zero-order valence-electron chi connectivity index (χ0n) is 18.1. The molecule has 2 amide bonds. The van der Waals surface area contributed by atoms with Crippen molar-refractivity contribution in [3.8, 4) is 0 Å². The minimum absolute atomic E-state index is 0.202. The molecule has 0 saturated heterocycles. The first-order chi connectivity index (χ1) is 16.2. The van der Waals surface area contributed by atoms with Crippen LogP contribution in [0.15, 0.2) is 95.1 Å². The number of hydrogen-bond acceptors (Lipinski definition) is 4. The van der Waals surface area contributed by atoms with Crippen molar-refractivity contribution < 1.29 is 9.59 Å². The van der Waals surface area contributed by atoms with E-state index in [1.54, 1.807) is 12.4 Å². The predicted molar refractivity (Wildman–Crippen MR) is 133 cm³/mol. The van der Waals surface area contributed by atoms with Crippen molar-refractivity contribution in [1.29, 1.82) is 0 Å². The highest BCUT2D eigenvalue weighted by Crippen LogP contribution is 2.17. The van der Waals surface area contributed by atoms with Crippen molar-refractivity contribution in [2.75, 3.05) is 0 Å². The molecule has 0 heterocycles. The van der Waals surface area contributed by atoms with Crippen LogP contribution in [0.3, 0.4) is 0 Å². The summed E-state index contributed by atoms with van der Waals surface area (Å²) in [5.74, 6) is -0.475. The molecule has 0 atom stereocenters. The number of amides is 2. The summed E-state index contributed by atoms with van der Waals surface area (Å²) in [7, 11) is 0. The third-order valence-electron chi connectivity index (χ3n) is 5.24. The number of rotatable bonds is 8. The first-order valence-electron chi connectivity index (χ1n) is 10.8. The molecule has 0 unspecified atom stereocenters. The molecule has 0 bridgehead atoms. The van der Waals surface area contributed by atoms with Gasteiger partial charge in [0.1, 0.15) is 0 Å². The molecule has 0 radical (unpaired) electrons. The van der Waals surface area contributed by atoms with E-state index in [-0.39, 0.29) is 24.7 Å². The van der Waals surface area contributed by atoms with E-state index in [0.717, 1.165) is 32.7 Å². The zero-order valence-corrected chi connectivity index (χ0v) is 18.1. The Hall–Kier alpha value is -4.32. The van der Waals surface area contributed by atoms with Crippen LogP contribution in [-0.4, -0.2) is 24.2 Å². The molecular weight excluding hydrogens is 412 g/mol. The molecule has 2 N–H and O–H groups in total. The van der Waals surface area contributed by atoms with Gasteiger partial charge in [-0.2, -0.15) is 10.2 Å². The normalized spacial score (nSPS) is 11.4. The lowest BCUT2D eigenvalue weighted by atomic mass is 10.1.